The smallest absolute Gasteiger partial charge is 0.0426 e. The van der Waals surface area contributed by atoms with Gasteiger partial charge < -0.3 is 5.73 Å². The number of alkyl halides is 1. The van der Waals surface area contributed by atoms with Gasteiger partial charge in [0.05, 0.1) is 0 Å². The molecule has 11 heavy (non-hydrogen) atoms. The van der Waals surface area contributed by atoms with Crippen LogP contribution in [0, 0.1) is 5.41 Å². The van der Waals surface area contributed by atoms with E-state index in [1.54, 1.807) is 0 Å². The minimum atomic E-state index is 0.122. The highest BCUT2D eigenvalue weighted by Crippen LogP contribution is 2.41. The van der Waals surface area contributed by atoms with Crippen LogP contribution in [0.25, 0.3) is 0 Å². The molecule has 0 heterocycles. The topological polar surface area (TPSA) is 26.0 Å². The lowest BCUT2D eigenvalue weighted by Gasteiger charge is -2.39. The van der Waals surface area contributed by atoms with E-state index in [9.17, 15) is 0 Å². The first-order chi connectivity index (χ1) is 4.93. The van der Waals surface area contributed by atoms with E-state index >= 15 is 0 Å². The van der Waals surface area contributed by atoms with Gasteiger partial charge in [-0.2, -0.15) is 0 Å². The van der Waals surface area contributed by atoms with Crippen molar-refractivity contribution in [1.29, 1.82) is 0 Å². The van der Waals surface area contributed by atoms with Crippen LogP contribution in [0.5, 0.6) is 0 Å². The van der Waals surface area contributed by atoms with E-state index in [4.69, 9.17) is 5.73 Å². The zero-order valence-electron chi connectivity index (χ0n) is 7.65. The number of hydrogen-bond donors (Lipinski definition) is 1. The van der Waals surface area contributed by atoms with Gasteiger partial charge in [0.15, 0.2) is 0 Å². The van der Waals surface area contributed by atoms with E-state index in [1.807, 2.05) is 6.08 Å². The van der Waals surface area contributed by atoms with Crippen molar-refractivity contribution < 1.29 is 0 Å². The highest BCUT2D eigenvalue weighted by molar-refractivity contribution is 14.1. The molecule has 0 aliphatic heterocycles. The lowest BCUT2D eigenvalue weighted by molar-refractivity contribution is 0.343. The van der Waals surface area contributed by atoms with Gasteiger partial charge in [-0.1, -0.05) is 49.4 Å². The average Bonchev–Trinajstić information content (AvgIpc) is 2.02. The molecule has 0 aromatic rings. The Labute approximate surface area is 83.6 Å². The fourth-order valence-electron chi connectivity index (χ4n) is 1.05. The fourth-order valence-corrected chi connectivity index (χ4v) is 1.27. The molecule has 1 nitrogen and oxygen atoms in total. The molecule has 0 aliphatic carbocycles. The van der Waals surface area contributed by atoms with Crippen LogP contribution in [0.4, 0.5) is 0 Å². The Kier molecular flexibility index (Phi) is 4.05. The van der Waals surface area contributed by atoms with Crippen molar-refractivity contribution >= 4 is 22.6 Å². The maximum absolute atomic E-state index is 5.72. The average molecular weight is 267 g/mol. The maximum atomic E-state index is 5.72. The van der Waals surface area contributed by atoms with Crippen LogP contribution in [0.2, 0.25) is 0 Å². The molecule has 1 atom stereocenters. The second-order valence-corrected chi connectivity index (χ2v) is 5.51. The summed E-state index contributed by atoms with van der Waals surface area (Å²) in [6.45, 7) is 11.1. The molecule has 0 saturated heterocycles. The number of allylic oxidation sites excluding steroid dienone is 1. The van der Waals surface area contributed by atoms with Crippen molar-refractivity contribution in [2.24, 2.45) is 11.1 Å². The number of hydrogen-bond acceptors (Lipinski definition) is 1. The highest BCUT2D eigenvalue weighted by Gasteiger charge is 2.37. The Morgan fingerprint density at radius 3 is 2.09 bits per heavy atom. The normalized spacial score (nSPS) is 17.5. The standard InChI is InChI=1S/C9H18IN/c1-5-8(3,4)9(10,6-2)7-11/h5H,1,6-7,11H2,2-4H3. The van der Waals surface area contributed by atoms with Crippen LogP contribution in [-0.2, 0) is 0 Å². The summed E-state index contributed by atoms with van der Waals surface area (Å²) in [4.78, 5) is 0. The molecule has 0 fully saturated rings. The summed E-state index contributed by atoms with van der Waals surface area (Å²) in [5, 5.41) is 0. The van der Waals surface area contributed by atoms with Crippen molar-refractivity contribution in [2.75, 3.05) is 6.54 Å². The minimum Gasteiger partial charge on any atom is -0.329 e. The highest BCUT2D eigenvalue weighted by atomic mass is 127. The Balaban J connectivity index is 4.60. The summed E-state index contributed by atoms with van der Waals surface area (Å²) in [6, 6.07) is 0. The van der Waals surface area contributed by atoms with E-state index in [2.05, 4.69) is 49.9 Å². The van der Waals surface area contributed by atoms with Crippen LogP contribution >= 0.6 is 22.6 Å². The van der Waals surface area contributed by atoms with E-state index < -0.39 is 0 Å². The molecule has 0 aromatic carbocycles. The van der Waals surface area contributed by atoms with E-state index in [0.29, 0.717) is 6.54 Å². The first-order valence-electron chi connectivity index (χ1n) is 3.96. The predicted molar refractivity (Wildman–Crippen MR) is 60.1 cm³/mol. The Morgan fingerprint density at radius 1 is 1.55 bits per heavy atom. The summed E-state index contributed by atoms with van der Waals surface area (Å²) in [6.07, 6.45) is 3.08. The first kappa shape index (κ1) is 11.4. The van der Waals surface area contributed by atoms with Gasteiger partial charge in [-0.05, 0) is 11.8 Å². The molecule has 0 spiro atoms. The van der Waals surface area contributed by atoms with E-state index in [1.165, 1.54) is 0 Å². The number of halogens is 1. The maximum Gasteiger partial charge on any atom is 0.0426 e. The van der Waals surface area contributed by atoms with Crippen molar-refractivity contribution in [1.82, 2.24) is 0 Å². The number of rotatable bonds is 4. The quantitative estimate of drug-likeness (QED) is 0.473. The summed E-state index contributed by atoms with van der Waals surface area (Å²) in [5.74, 6) is 0. The monoisotopic (exact) mass is 267 g/mol. The first-order valence-corrected chi connectivity index (χ1v) is 5.04. The van der Waals surface area contributed by atoms with Gasteiger partial charge in [0.25, 0.3) is 0 Å². The minimum absolute atomic E-state index is 0.122. The molecule has 2 N–H and O–H groups in total. The SMILES string of the molecule is C=CC(C)(C)C(I)(CC)CN. The molecule has 0 saturated carbocycles. The van der Waals surface area contributed by atoms with Crippen LogP contribution in [-0.4, -0.2) is 9.97 Å². The van der Waals surface area contributed by atoms with Gasteiger partial charge >= 0.3 is 0 Å². The van der Waals surface area contributed by atoms with E-state index in [0.717, 1.165) is 6.42 Å². The van der Waals surface area contributed by atoms with Crippen molar-refractivity contribution in [3.63, 3.8) is 0 Å². The second-order valence-electron chi connectivity index (χ2n) is 3.45. The molecular formula is C9H18IN. The number of nitrogens with two attached hydrogens (primary N) is 1. The molecule has 2 heteroatoms. The molecule has 0 bridgehead atoms. The van der Waals surface area contributed by atoms with Crippen LogP contribution < -0.4 is 5.73 Å². The summed E-state index contributed by atoms with van der Waals surface area (Å²) in [5.41, 5.74) is 5.85. The Bertz CT molecular complexity index is 136. The van der Waals surface area contributed by atoms with Gasteiger partial charge in [-0.25, -0.2) is 0 Å². The molecule has 1 unspecified atom stereocenters. The van der Waals surface area contributed by atoms with Crippen LogP contribution in [0.15, 0.2) is 12.7 Å². The predicted octanol–water partition coefficient (Wildman–Crippen LogP) is 2.74. The molecule has 0 aliphatic rings. The van der Waals surface area contributed by atoms with E-state index in [-0.39, 0.29) is 8.84 Å². The fraction of sp³-hybridized carbons (Fsp3) is 0.778. The third-order valence-corrected chi connectivity index (χ3v) is 5.14. The second kappa shape index (κ2) is 3.90. The van der Waals surface area contributed by atoms with Gasteiger partial charge in [0.1, 0.15) is 0 Å². The summed E-state index contributed by atoms with van der Waals surface area (Å²) >= 11 is 2.45. The lowest BCUT2D eigenvalue weighted by atomic mass is 9.77. The molecule has 0 radical (unpaired) electrons. The zero-order valence-corrected chi connectivity index (χ0v) is 9.81. The largest absolute Gasteiger partial charge is 0.329 e. The van der Waals surface area contributed by atoms with Gasteiger partial charge in [-0.15, -0.1) is 6.58 Å². The zero-order chi connectivity index (χ0) is 9.12. The van der Waals surface area contributed by atoms with Crippen molar-refractivity contribution in [2.45, 2.75) is 30.6 Å². The van der Waals surface area contributed by atoms with Gasteiger partial charge in [0, 0.05) is 9.97 Å². The lowest BCUT2D eigenvalue weighted by Crippen LogP contribution is -2.43. The Morgan fingerprint density at radius 2 is 2.00 bits per heavy atom. The molecular weight excluding hydrogens is 249 g/mol. The van der Waals surface area contributed by atoms with Gasteiger partial charge in [-0.3, -0.25) is 0 Å². The summed E-state index contributed by atoms with van der Waals surface area (Å²) < 4.78 is 0.159. The van der Waals surface area contributed by atoms with Crippen molar-refractivity contribution in [3.8, 4) is 0 Å². The van der Waals surface area contributed by atoms with Crippen molar-refractivity contribution in [3.05, 3.63) is 12.7 Å². The molecule has 0 rings (SSSR count). The Hall–Kier alpha value is 0.430. The van der Waals surface area contributed by atoms with Crippen LogP contribution in [0.3, 0.4) is 0 Å². The van der Waals surface area contributed by atoms with Crippen LogP contribution in [0.1, 0.15) is 27.2 Å². The third-order valence-electron chi connectivity index (χ3n) is 2.55. The van der Waals surface area contributed by atoms with Gasteiger partial charge in [0.2, 0.25) is 0 Å². The summed E-state index contributed by atoms with van der Waals surface area (Å²) in [7, 11) is 0. The molecule has 0 aromatic heterocycles. The molecule has 66 valence electrons. The third kappa shape index (κ3) is 2.18. The molecule has 0 amide bonds.